The number of hydrogen-bond acceptors (Lipinski definition) is 0. The van der Waals surface area contributed by atoms with Gasteiger partial charge >= 0.3 is 17.9 Å². The SMILES string of the molecule is C[n+]1c(C(F)(F)C(F)(F)F)[nH]c2ccccc21. The number of para-hydroxylation sites is 2. The molecule has 0 aliphatic heterocycles. The number of imidazole rings is 1. The minimum atomic E-state index is -5.62. The summed E-state index contributed by atoms with van der Waals surface area (Å²) >= 11 is 0. The Hall–Kier alpha value is -1.66. The second kappa shape index (κ2) is 3.41. The zero-order valence-corrected chi connectivity index (χ0v) is 8.65. The molecule has 0 spiro atoms. The number of hydrogen-bond donors (Lipinski definition) is 1. The number of nitrogens with zero attached hydrogens (tertiary/aromatic N) is 1. The predicted molar refractivity (Wildman–Crippen MR) is 49.4 cm³/mol. The Bertz CT molecular complexity index is 555. The fourth-order valence-electron chi connectivity index (χ4n) is 1.63. The third-order valence-electron chi connectivity index (χ3n) is 2.51. The zero-order chi connectivity index (χ0) is 12.8. The molecule has 0 saturated heterocycles. The third kappa shape index (κ3) is 1.65. The Labute approximate surface area is 92.7 Å². The van der Waals surface area contributed by atoms with E-state index in [2.05, 4.69) is 4.98 Å². The van der Waals surface area contributed by atoms with E-state index in [0.29, 0.717) is 0 Å². The van der Waals surface area contributed by atoms with Gasteiger partial charge in [-0.3, -0.25) is 0 Å². The summed E-state index contributed by atoms with van der Waals surface area (Å²) in [5.41, 5.74) is 0.514. The molecule has 2 nitrogen and oxygen atoms in total. The molecular weight excluding hydrogens is 243 g/mol. The Morgan fingerprint density at radius 2 is 1.65 bits per heavy atom. The van der Waals surface area contributed by atoms with Gasteiger partial charge in [-0.05, 0) is 12.1 Å². The number of rotatable bonds is 1. The van der Waals surface area contributed by atoms with Crippen LogP contribution < -0.4 is 4.57 Å². The minimum Gasteiger partial charge on any atom is -0.235 e. The highest BCUT2D eigenvalue weighted by molar-refractivity contribution is 5.71. The second-order valence-electron chi connectivity index (χ2n) is 3.62. The molecule has 0 aliphatic rings. The first-order valence-electron chi connectivity index (χ1n) is 4.67. The standard InChI is InChI=1S/C10H7F5N2/c1-17-7-5-3-2-4-6(7)16-8(17)9(11,12)10(13,14)15/h2-5H,1H3/p+1. The van der Waals surface area contributed by atoms with E-state index in [1.807, 2.05) is 0 Å². The molecule has 7 heteroatoms. The molecule has 0 fully saturated rings. The van der Waals surface area contributed by atoms with E-state index in [0.717, 1.165) is 11.6 Å². The van der Waals surface area contributed by atoms with Crippen molar-refractivity contribution < 1.29 is 26.5 Å². The lowest BCUT2D eigenvalue weighted by Crippen LogP contribution is -2.45. The average molecular weight is 251 g/mol. The number of aryl methyl sites for hydroxylation is 1. The maximum Gasteiger partial charge on any atom is 0.466 e. The number of H-pyrrole nitrogens is 1. The number of aromatic amines is 1. The first-order valence-corrected chi connectivity index (χ1v) is 4.67. The molecule has 0 bridgehead atoms. The van der Waals surface area contributed by atoms with Gasteiger partial charge in [0.2, 0.25) is 0 Å². The van der Waals surface area contributed by atoms with E-state index in [9.17, 15) is 22.0 Å². The van der Waals surface area contributed by atoms with Crippen molar-refractivity contribution in [3.8, 4) is 0 Å². The molecule has 1 N–H and O–H groups in total. The van der Waals surface area contributed by atoms with Crippen molar-refractivity contribution in [3.05, 3.63) is 30.1 Å². The quantitative estimate of drug-likeness (QED) is 0.594. The fraction of sp³-hybridized carbons (Fsp3) is 0.300. The van der Waals surface area contributed by atoms with Gasteiger partial charge in [0.1, 0.15) is 0 Å². The first-order chi connectivity index (χ1) is 7.75. The topological polar surface area (TPSA) is 19.7 Å². The lowest BCUT2D eigenvalue weighted by molar-refractivity contribution is -0.666. The number of nitrogens with one attached hydrogen (secondary N) is 1. The molecule has 2 aromatic rings. The molecule has 1 aromatic heterocycles. The summed E-state index contributed by atoms with van der Waals surface area (Å²) < 4.78 is 63.9. The van der Waals surface area contributed by atoms with Gasteiger partial charge in [-0.1, -0.05) is 12.1 Å². The summed E-state index contributed by atoms with van der Waals surface area (Å²) in [7, 11) is 1.16. The van der Waals surface area contributed by atoms with Crippen LogP contribution in [0.2, 0.25) is 0 Å². The lowest BCUT2D eigenvalue weighted by Gasteiger charge is -2.14. The Morgan fingerprint density at radius 3 is 2.18 bits per heavy atom. The van der Waals surface area contributed by atoms with E-state index in [4.69, 9.17) is 0 Å². The van der Waals surface area contributed by atoms with Crippen LogP contribution in [0.4, 0.5) is 22.0 Å². The predicted octanol–water partition coefficient (Wildman–Crippen LogP) is 2.65. The van der Waals surface area contributed by atoms with E-state index < -0.39 is 17.9 Å². The van der Waals surface area contributed by atoms with Crippen LogP contribution in [0.3, 0.4) is 0 Å². The summed E-state index contributed by atoms with van der Waals surface area (Å²) in [4.78, 5) is 2.10. The number of halogens is 5. The van der Waals surface area contributed by atoms with E-state index in [1.165, 1.54) is 12.1 Å². The molecule has 0 radical (unpaired) electrons. The summed E-state index contributed by atoms with van der Waals surface area (Å²) in [5.74, 6) is -6.08. The lowest BCUT2D eigenvalue weighted by atomic mass is 10.3. The zero-order valence-electron chi connectivity index (χ0n) is 8.65. The van der Waals surface area contributed by atoms with Crippen molar-refractivity contribution in [2.45, 2.75) is 12.1 Å². The molecule has 1 aromatic carbocycles. The summed E-state index contributed by atoms with van der Waals surface area (Å²) in [6.45, 7) is 0. The highest BCUT2D eigenvalue weighted by Crippen LogP contribution is 2.42. The van der Waals surface area contributed by atoms with Crippen LogP contribution in [0.15, 0.2) is 24.3 Å². The van der Waals surface area contributed by atoms with Crippen molar-refractivity contribution in [2.75, 3.05) is 0 Å². The Kier molecular flexibility index (Phi) is 2.37. The number of benzene rings is 1. The molecule has 0 amide bonds. The van der Waals surface area contributed by atoms with Crippen LogP contribution >= 0.6 is 0 Å². The molecular formula is C10H8F5N2+. The summed E-state index contributed by atoms with van der Waals surface area (Å²) in [6.07, 6.45) is -5.62. The maximum absolute atomic E-state index is 13.2. The number of aromatic nitrogens is 2. The maximum atomic E-state index is 13.2. The normalized spacial score (nSPS) is 13.3. The summed E-state index contributed by atoms with van der Waals surface area (Å²) in [5, 5.41) is 0. The first kappa shape index (κ1) is 11.8. The van der Waals surface area contributed by atoms with Crippen LogP contribution in [0.25, 0.3) is 11.0 Å². The van der Waals surface area contributed by atoms with Gasteiger partial charge in [-0.2, -0.15) is 22.0 Å². The molecule has 17 heavy (non-hydrogen) atoms. The van der Waals surface area contributed by atoms with Gasteiger partial charge in [0.25, 0.3) is 0 Å². The number of alkyl halides is 5. The van der Waals surface area contributed by atoms with Gasteiger partial charge in [-0.25, -0.2) is 9.55 Å². The summed E-state index contributed by atoms with van der Waals surface area (Å²) in [6, 6.07) is 6.01. The molecule has 0 atom stereocenters. The highest BCUT2D eigenvalue weighted by Gasteiger charge is 2.65. The fourth-order valence-corrected chi connectivity index (χ4v) is 1.63. The Morgan fingerprint density at radius 1 is 1.06 bits per heavy atom. The molecule has 0 unspecified atom stereocenters. The largest absolute Gasteiger partial charge is 0.466 e. The van der Waals surface area contributed by atoms with Crippen LogP contribution in [0.1, 0.15) is 5.82 Å². The van der Waals surface area contributed by atoms with Crippen LogP contribution in [-0.4, -0.2) is 11.2 Å². The highest BCUT2D eigenvalue weighted by atomic mass is 19.4. The van der Waals surface area contributed by atoms with Crippen molar-refractivity contribution in [1.29, 1.82) is 0 Å². The third-order valence-corrected chi connectivity index (χ3v) is 2.51. The van der Waals surface area contributed by atoms with Gasteiger partial charge < -0.3 is 0 Å². The average Bonchev–Trinajstić information content (AvgIpc) is 2.56. The van der Waals surface area contributed by atoms with Gasteiger partial charge in [-0.15, -0.1) is 0 Å². The number of fused-ring (bicyclic) bond motifs is 1. The van der Waals surface area contributed by atoms with Gasteiger partial charge in [0.15, 0.2) is 11.0 Å². The molecule has 0 aliphatic carbocycles. The van der Waals surface area contributed by atoms with Crippen LogP contribution in [0.5, 0.6) is 0 Å². The van der Waals surface area contributed by atoms with Crippen LogP contribution in [-0.2, 0) is 13.0 Å². The monoisotopic (exact) mass is 251 g/mol. The van der Waals surface area contributed by atoms with Crippen molar-refractivity contribution in [3.63, 3.8) is 0 Å². The van der Waals surface area contributed by atoms with Crippen molar-refractivity contribution in [1.82, 2.24) is 4.98 Å². The molecule has 92 valence electrons. The second-order valence-corrected chi connectivity index (χ2v) is 3.62. The molecule has 0 saturated carbocycles. The molecule has 1 heterocycles. The van der Waals surface area contributed by atoms with Gasteiger partial charge in [0.05, 0.1) is 7.05 Å². The smallest absolute Gasteiger partial charge is 0.235 e. The van der Waals surface area contributed by atoms with E-state index >= 15 is 0 Å². The van der Waals surface area contributed by atoms with Gasteiger partial charge in [0, 0.05) is 0 Å². The van der Waals surface area contributed by atoms with Crippen molar-refractivity contribution >= 4 is 11.0 Å². The van der Waals surface area contributed by atoms with Crippen molar-refractivity contribution in [2.24, 2.45) is 7.05 Å². The Balaban J connectivity index is 2.68. The minimum absolute atomic E-state index is 0.230. The van der Waals surface area contributed by atoms with E-state index in [1.54, 1.807) is 12.1 Å². The van der Waals surface area contributed by atoms with Crippen LogP contribution in [0, 0.1) is 0 Å². The van der Waals surface area contributed by atoms with E-state index in [-0.39, 0.29) is 11.0 Å². The molecule has 2 rings (SSSR count).